The predicted molar refractivity (Wildman–Crippen MR) is 380 cm³/mol. The Morgan fingerprint density at radius 3 is 1.53 bits per heavy atom. The molecule has 0 aliphatic rings. The number of phenolic OH excluding ortho intramolecular Hbond substituents is 1. The second-order valence-corrected chi connectivity index (χ2v) is 31.1. The van der Waals surface area contributed by atoms with E-state index in [2.05, 4.69) is 328 Å². The molecule has 5 nitrogen and oxygen atoms in total. The van der Waals surface area contributed by atoms with Gasteiger partial charge in [-0.2, -0.15) is 0 Å². The zero-order valence-corrected chi connectivity index (χ0v) is 55.8. The van der Waals surface area contributed by atoms with Crippen molar-refractivity contribution < 1.29 is 5.11 Å². The van der Waals surface area contributed by atoms with Gasteiger partial charge in [-0.05, 0) is 173 Å². The van der Waals surface area contributed by atoms with Crippen molar-refractivity contribution in [2.45, 2.75) is 157 Å². The summed E-state index contributed by atoms with van der Waals surface area (Å²) in [5, 5.41) is 15.5. The third-order valence-corrected chi connectivity index (χ3v) is 18.2. The van der Waals surface area contributed by atoms with Gasteiger partial charge in [-0.1, -0.05) is 240 Å². The summed E-state index contributed by atoms with van der Waals surface area (Å²) in [4.78, 5) is 11.3. The molecule has 3 heterocycles. The fraction of sp³-hybridized carbons (Fsp3) is 0.286. The summed E-state index contributed by atoms with van der Waals surface area (Å²) in [5.41, 5.74) is 23.1. The van der Waals surface area contributed by atoms with Crippen LogP contribution in [0.25, 0.3) is 111 Å². The number of hydrogen-bond donors (Lipinski definition) is 1. The van der Waals surface area contributed by atoms with Gasteiger partial charge in [0.25, 0.3) is 0 Å². The standard InChI is InChI=1S/C84H88N4O/c1-79(2,3)57-36-37-64(52-28-21-19-22-29-52)68(49-57)55-43-69(75-74(45-55)88(63-47-59(81(7,8)9)46-60(48-63)82(10,11)12)78(86-75)70-50-61(83(13,14)15)51-71(77(70)89)84(16,17)18)54-40-56(42-58(41-54)80(4,5)6)72-44-53(38-39-85-72)65-33-27-34-67-66-32-25-26-35-73(66)87(76(65)67)62-30-23-20-24-31-62/h19-51,89H,1-18H3. The zero-order chi connectivity index (χ0) is 63.5. The van der Waals surface area contributed by atoms with Crippen molar-refractivity contribution >= 4 is 32.8 Å². The van der Waals surface area contributed by atoms with Crippen LogP contribution in [-0.4, -0.2) is 24.2 Å². The highest BCUT2D eigenvalue weighted by Gasteiger charge is 2.32. The van der Waals surface area contributed by atoms with Gasteiger partial charge in [0.15, 0.2) is 0 Å². The number of phenols is 1. The van der Waals surface area contributed by atoms with E-state index in [9.17, 15) is 5.11 Å². The van der Waals surface area contributed by atoms with Crippen LogP contribution in [0.4, 0.5) is 0 Å². The lowest BCUT2D eigenvalue weighted by molar-refractivity contribution is 0.446. The van der Waals surface area contributed by atoms with Crippen LogP contribution in [0.2, 0.25) is 0 Å². The van der Waals surface area contributed by atoms with Gasteiger partial charge in [-0.15, -0.1) is 0 Å². The highest BCUT2D eigenvalue weighted by atomic mass is 16.3. The number of nitrogens with zero attached hydrogens (tertiary/aromatic N) is 4. The number of aromatic nitrogens is 4. The average Bonchev–Trinajstić information content (AvgIpc) is 1.62. The van der Waals surface area contributed by atoms with Crippen LogP contribution < -0.4 is 0 Å². The first kappa shape index (κ1) is 60.5. The van der Waals surface area contributed by atoms with Gasteiger partial charge in [0, 0.05) is 50.6 Å². The average molecular weight is 1170 g/mol. The van der Waals surface area contributed by atoms with Gasteiger partial charge in [0.2, 0.25) is 0 Å². The topological polar surface area (TPSA) is 55.9 Å². The molecule has 0 radical (unpaired) electrons. The van der Waals surface area contributed by atoms with E-state index in [-0.39, 0.29) is 38.2 Å². The number of hydrogen-bond acceptors (Lipinski definition) is 3. The van der Waals surface area contributed by atoms with Crippen molar-refractivity contribution in [3.63, 3.8) is 0 Å². The monoisotopic (exact) mass is 1170 g/mol. The van der Waals surface area contributed by atoms with Gasteiger partial charge in [-0.3, -0.25) is 9.55 Å². The van der Waals surface area contributed by atoms with E-state index in [1.54, 1.807) is 0 Å². The highest BCUT2D eigenvalue weighted by Crippen LogP contribution is 2.49. The molecule has 0 saturated carbocycles. The molecular formula is C84H88N4O. The summed E-state index contributed by atoms with van der Waals surface area (Å²) < 4.78 is 4.79. The van der Waals surface area contributed by atoms with Crippen molar-refractivity contribution in [2.75, 3.05) is 0 Å². The first-order chi connectivity index (χ1) is 41.8. The minimum atomic E-state index is -0.380. The Morgan fingerprint density at radius 1 is 0.326 bits per heavy atom. The lowest BCUT2D eigenvalue weighted by Crippen LogP contribution is -2.18. The van der Waals surface area contributed by atoms with E-state index in [1.807, 2.05) is 6.20 Å². The largest absolute Gasteiger partial charge is 0.507 e. The van der Waals surface area contributed by atoms with Crippen LogP contribution in [0.5, 0.6) is 5.75 Å². The van der Waals surface area contributed by atoms with Crippen LogP contribution >= 0.6 is 0 Å². The van der Waals surface area contributed by atoms with Crippen molar-refractivity contribution in [1.29, 1.82) is 0 Å². The van der Waals surface area contributed by atoms with Crippen molar-refractivity contribution in [3.05, 3.63) is 234 Å². The van der Waals surface area contributed by atoms with Gasteiger partial charge in [0.1, 0.15) is 11.6 Å². The maximum absolute atomic E-state index is 13.1. The summed E-state index contributed by atoms with van der Waals surface area (Å²) >= 11 is 0. The van der Waals surface area contributed by atoms with Crippen LogP contribution in [-0.2, 0) is 32.5 Å². The maximum Gasteiger partial charge on any atom is 0.149 e. The molecule has 0 aliphatic heterocycles. The molecule has 0 unspecified atom stereocenters. The first-order valence-corrected chi connectivity index (χ1v) is 31.8. The maximum atomic E-state index is 13.1. The fourth-order valence-corrected chi connectivity index (χ4v) is 12.7. The Kier molecular flexibility index (Phi) is 14.8. The molecule has 0 atom stereocenters. The third kappa shape index (κ3) is 11.4. The van der Waals surface area contributed by atoms with Gasteiger partial charge in [0.05, 0.1) is 33.3 Å². The number of imidazole rings is 1. The fourth-order valence-electron chi connectivity index (χ4n) is 12.7. The number of benzene rings is 9. The molecule has 1 N–H and O–H groups in total. The predicted octanol–water partition coefficient (Wildman–Crippen LogP) is 23.0. The van der Waals surface area contributed by atoms with Crippen LogP contribution in [0, 0.1) is 0 Å². The number of rotatable bonds is 8. The molecule has 12 rings (SSSR count). The van der Waals surface area contributed by atoms with Gasteiger partial charge < -0.3 is 9.67 Å². The molecule has 5 heteroatoms. The Morgan fingerprint density at radius 2 is 0.888 bits per heavy atom. The van der Waals surface area contributed by atoms with Crippen molar-refractivity contribution in [2.24, 2.45) is 0 Å². The lowest BCUT2D eigenvalue weighted by atomic mass is 9.78. The summed E-state index contributed by atoms with van der Waals surface area (Å²) in [6.45, 7) is 41.0. The number of para-hydroxylation sites is 3. The molecule has 0 amide bonds. The summed E-state index contributed by atoms with van der Waals surface area (Å²) in [7, 11) is 0. The van der Waals surface area contributed by atoms with E-state index >= 15 is 0 Å². The normalized spacial score (nSPS) is 12.9. The van der Waals surface area contributed by atoms with E-state index < -0.39 is 0 Å². The van der Waals surface area contributed by atoms with Gasteiger partial charge >= 0.3 is 0 Å². The number of pyridine rings is 1. The second-order valence-electron chi connectivity index (χ2n) is 31.1. The molecule has 89 heavy (non-hydrogen) atoms. The molecule has 0 aliphatic carbocycles. The Labute approximate surface area is 529 Å². The molecule has 0 fully saturated rings. The number of fused-ring (bicyclic) bond motifs is 4. The molecule has 0 saturated heterocycles. The third-order valence-electron chi connectivity index (χ3n) is 18.2. The molecule has 0 bridgehead atoms. The van der Waals surface area contributed by atoms with Crippen LogP contribution in [0.1, 0.15) is 158 Å². The van der Waals surface area contributed by atoms with Crippen molar-refractivity contribution in [1.82, 2.24) is 19.1 Å². The van der Waals surface area contributed by atoms with E-state index in [1.165, 1.54) is 38.5 Å². The first-order valence-electron chi connectivity index (χ1n) is 31.8. The zero-order valence-electron chi connectivity index (χ0n) is 55.8. The van der Waals surface area contributed by atoms with Crippen molar-refractivity contribution in [3.8, 4) is 84.3 Å². The van der Waals surface area contributed by atoms with E-state index in [0.29, 0.717) is 11.4 Å². The molecule has 0 spiro atoms. The quantitative estimate of drug-likeness (QED) is 0.165. The molecule has 9 aromatic carbocycles. The Balaban J connectivity index is 1.21. The van der Waals surface area contributed by atoms with E-state index in [4.69, 9.17) is 9.97 Å². The summed E-state index contributed by atoms with van der Waals surface area (Å²) in [6.07, 6.45) is 1.98. The summed E-state index contributed by atoms with van der Waals surface area (Å²) in [6, 6.07) is 71.9. The molecular weight excluding hydrogens is 1080 g/mol. The Bertz CT molecular complexity index is 4670. The molecule has 12 aromatic rings. The second kappa shape index (κ2) is 21.8. The van der Waals surface area contributed by atoms with Crippen LogP contribution in [0.3, 0.4) is 0 Å². The Hall–Kier alpha value is -8.80. The van der Waals surface area contributed by atoms with E-state index in [0.717, 1.165) is 94.8 Å². The lowest BCUT2D eigenvalue weighted by Gasteiger charge is -2.28. The SMILES string of the molecule is CC(C)(C)c1cc(-c2cc(-c3cccc4c5ccccc5n(-c5ccccc5)c34)ccn2)cc(-c2cc(-c3cc(C(C)(C)C)ccc3-c3ccccc3)cc3c2nc(-c2cc(C(C)(C)C)cc(C(C)(C)C)c2O)n3-c2cc(C(C)(C)C)cc(C(C)(C)C)c2)c1. The molecule has 450 valence electrons. The van der Waals surface area contributed by atoms with Gasteiger partial charge in [-0.25, -0.2) is 4.98 Å². The summed E-state index contributed by atoms with van der Waals surface area (Å²) in [5.74, 6) is 0.938. The highest BCUT2D eigenvalue weighted by molar-refractivity contribution is 6.14. The van der Waals surface area contributed by atoms with Crippen LogP contribution in [0.15, 0.2) is 200 Å². The number of aromatic hydroxyl groups is 1. The minimum Gasteiger partial charge on any atom is -0.507 e. The smallest absolute Gasteiger partial charge is 0.149 e. The molecule has 3 aromatic heterocycles. The minimum absolute atomic E-state index is 0.135.